The van der Waals surface area contributed by atoms with Gasteiger partial charge in [0.05, 0.1) is 18.1 Å². The lowest BCUT2D eigenvalue weighted by Crippen LogP contribution is -2.45. The summed E-state index contributed by atoms with van der Waals surface area (Å²) >= 11 is 1.69. The number of anilines is 1. The van der Waals surface area contributed by atoms with Crippen LogP contribution in [-0.2, 0) is 18.6 Å². The van der Waals surface area contributed by atoms with Gasteiger partial charge in [-0.2, -0.15) is 5.10 Å². The predicted octanol–water partition coefficient (Wildman–Crippen LogP) is 3.85. The second-order valence-electron chi connectivity index (χ2n) is 12.0. The topological polar surface area (TPSA) is 127 Å². The van der Waals surface area contributed by atoms with Crippen molar-refractivity contribution in [1.82, 2.24) is 19.7 Å². The fourth-order valence-electron chi connectivity index (χ4n) is 5.09. The second-order valence-corrected chi connectivity index (χ2v) is 18.0. The van der Waals surface area contributed by atoms with E-state index in [0.717, 1.165) is 24.3 Å². The van der Waals surface area contributed by atoms with Crippen molar-refractivity contribution in [3.8, 4) is 0 Å². The van der Waals surface area contributed by atoms with E-state index in [1.807, 2.05) is 13.8 Å². The molecular weight excluding hydrogens is 498 g/mol. The first kappa shape index (κ1) is 26.3. The van der Waals surface area contributed by atoms with E-state index in [1.54, 1.807) is 16.4 Å². The highest BCUT2D eigenvalue weighted by molar-refractivity contribution is 8.00. The molecule has 10 nitrogen and oxygen atoms in total. The lowest BCUT2D eigenvalue weighted by molar-refractivity contribution is -0.201. The van der Waals surface area contributed by atoms with Crippen LogP contribution in [0.1, 0.15) is 60.1 Å². The third-order valence-corrected chi connectivity index (χ3v) is 13.8. The van der Waals surface area contributed by atoms with Crippen LogP contribution >= 0.6 is 11.8 Å². The van der Waals surface area contributed by atoms with Crippen LogP contribution in [0.2, 0.25) is 18.1 Å². The van der Waals surface area contributed by atoms with Crippen LogP contribution in [0.15, 0.2) is 11.4 Å². The summed E-state index contributed by atoms with van der Waals surface area (Å²) in [6.07, 6.45) is 2.86. The maximum atomic E-state index is 9.93. The van der Waals surface area contributed by atoms with E-state index in [1.165, 1.54) is 6.33 Å². The van der Waals surface area contributed by atoms with E-state index in [0.29, 0.717) is 16.9 Å². The van der Waals surface area contributed by atoms with Gasteiger partial charge in [-0.05, 0) is 51.2 Å². The number of ether oxygens (including phenoxy) is 3. The van der Waals surface area contributed by atoms with Crippen LogP contribution in [0.25, 0.3) is 11.0 Å². The molecule has 0 spiro atoms. The Morgan fingerprint density at radius 1 is 1.22 bits per heavy atom. The molecule has 0 bridgehead atoms. The van der Waals surface area contributed by atoms with Crippen molar-refractivity contribution in [3.05, 3.63) is 6.33 Å². The van der Waals surface area contributed by atoms with Gasteiger partial charge in [-0.25, -0.2) is 14.6 Å². The van der Waals surface area contributed by atoms with Crippen LogP contribution < -0.4 is 5.73 Å². The molecule has 1 saturated carbocycles. The van der Waals surface area contributed by atoms with Crippen molar-refractivity contribution in [2.75, 3.05) is 12.3 Å². The maximum absolute atomic E-state index is 9.93. The average Bonchev–Trinajstić information content (AvgIpc) is 3.50. The number of hydrogen-bond donors (Lipinski definition) is 2. The highest BCUT2D eigenvalue weighted by atomic mass is 32.2. The molecule has 1 aliphatic carbocycles. The van der Waals surface area contributed by atoms with E-state index >= 15 is 0 Å². The highest BCUT2D eigenvalue weighted by Gasteiger charge is 2.56. The number of aliphatic hydroxyl groups is 1. The first-order valence-corrected chi connectivity index (χ1v) is 16.6. The molecule has 12 heteroatoms. The summed E-state index contributed by atoms with van der Waals surface area (Å²) in [4.78, 5) is 8.78. The molecule has 0 unspecified atom stereocenters. The number of hydrogen-bond acceptors (Lipinski definition) is 10. The van der Waals surface area contributed by atoms with Crippen molar-refractivity contribution < 1.29 is 23.7 Å². The summed E-state index contributed by atoms with van der Waals surface area (Å²) in [5.74, 6) is -0.400. The van der Waals surface area contributed by atoms with Gasteiger partial charge in [0.25, 0.3) is 0 Å². The number of nitrogen functional groups attached to an aromatic ring is 1. The number of fused-ring (bicyclic) bond motifs is 2. The van der Waals surface area contributed by atoms with Crippen molar-refractivity contribution in [2.45, 2.75) is 119 Å². The molecule has 0 radical (unpaired) electrons. The molecule has 0 amide bonds. The van der Waals surface area contributed by atoms with Crippen LogP contribution in [0, 0.1) is 0 Å². The zero-order valence-corrected chi connectivity index (χ0v) is 24.0. The van der Waals surface area contributed by atoms with E-state index in [4.69, 9.17) is 29.5 Å². The molecule has 2 aliphatic heterocycles. The summed E-state index contributed by atoms with van der Waals surface area (Å²) in [5.41, 5.74) is 6.95. The normalized spacial score (nSPS) is 32.4. The minimum atomic E-state index is -1.91. The van der Waals surface area contributed by atoms with Crippen LogP contribution in [0.4, 0.5) is 5.82 Å². The summed E-state index contributed by atoms with van der Waals surface area (Å²) in [6, 6.07) is 0. The third-order valence-electron chi connectivity index (χ3n) is 7.94. The lowest BCUT2D eigenvalue weighted by atomic mass is 10.1. The van der Waals surface area contributed by atoms with E-state index in [2.05, 4.69) is 43.8 Å². The lowest BCUT2D eigenvalue weighted by Gasteiger charge is -2.39. The number of nitrogens with two attached hydrogens (primary N) is 1. The predicted molar refractivity (Wildman–Crippen MR) is 140 cm³/mol. The fraction of sp³-hybridized carbons (Fsp3) is 0.792. The Bertz CT molecular complexity index is 1120. The zero-order chi connectivity index (χ0) is 26.0. The molecule has 200 valence electrons. The van der Waals surface area contributed by atoms with Crippen molar-refractivity contribution >= 4 is 36.9 Å². The monoisotopic (exact) mass is 537 g/mol. The van der Waals surface area contributed by atoms with Gasteiger partial charge in [-0.3, -0.25) is 0 Å². The van der Waals surface area contributed by atoms with Gasteiger partial charge in [-0.1, -0.05) is 32.5 Å². The van der Waals surface area contributed by atoms with Crippen LogP contribution in [-0.4, -0.2) is 75.2 Å². The second kappa shape index (κ2) is 9.18. The van der Waals surface area contributed by atoms with E-state index in [9.17, 15) is 5.11 Å². The summed E-state index contributed by atoms with van der Waals surface area (Å²) < 4.78 is 27.0. The van der Waals surface area contributed by atoms with Crippen molar-refractivity contribution in [2.24, 2.45) is 0 Å². The Balaban J connectivity index is 1.47. The fourth-order valence-corrected chi connectivity index (χ4v) is 7.94. The molecule has 6 atom stereocenters. The Hall–Kier alpha value is -1.28. The Morgan fingerprint density at radius 3 is 2.64 bits per heavy atom. The standard InChI is InChI=1S/C24H39N5O5SSi/c1-23(2,3)36(6,7)34-13-9-8-10-15(13)35-21-16-19(25)26-12-27-20(16)29(28-21)22-18-17(14(11-30)31-22)32-24(4,5)33-18/h12-15,17-18,22,30H,8-11H2,1-7H3,(H2,25,26,27)/t13-,14+,15-,17+,18+,22+/m0/s1. The number of aromatic nitrogens is 4. The first-order valence-electron chi connectivity index (χ1n) is 12.8. The molecule has 36 heavy (non-hydrogen) atoms. The van der Waals surface area contributed by atoms with Gasteiger partial charge in [0.1, 0.15) is 35.5 Å². The third kappa shape index (κ3) is 4.59. The molecule has 3 fully saturated rings. The summed E-state index contributed by atoms with van der Waals surface area (Å²) in [7, 11) is -1.91. The molecule has 3 aliphatic rings. The Labute approximate surface area is 217 Å². The van der Waals surface area contributed by atoms with Crippen molar-refractivity contribution in [1.29, 1.82) is 0 Å². The molecule has 5 rings (SSSR count). The number of rotatable bonds is 6. The van der Waals surface area contributed by atoms with Gasteiger partial charge < -0.3 is 29.5 Å². The van der Waals surface area contributed by atoms with Gasteiger partial charge in [0.2, 0.25) is 0 Å². The van der Waals surface area contributed by atoms with Crippen LogP contribution in [0.3, 0.4) is 0 Å². The largest absolute Gasteiger partial charge is 0.413 e. The SMILES string of the molecule is CC1(C)O[C@@H]2[C@H](O1)[C@@H](CO)O[C@H]2n1nc(S[C@H]2CCC[C@@H]2O[Si](C)(C)C(C)(C)C)c2c(N)ncnc21. The van der Waals surface area contributed by atoms with Gasteiger partial charge in [0.15, 0.2) is 26.0 Å². The van der Waals surface area contributed by atoms with E-state index < -0.39 is 38.6 Å². The number of aliphatic hydroxyl groups excluding tert-OH is 1. The first-order chi connectivity index (χ1) is 16.8. The molecule has 2 saturated heterocycles. The molecule has 2 aromatic heterocycles. The molecule has 2 aromatic rings. The minimum Gasteiger partial charge on any atom is -0.413 e. The van der Waals surface area contributed by atoms with Gasteiger partial charge in [0, 0.05) is 5.25 Å². The zero-order valence-electron chi connectivity index (χ0n) is 22.2. The molecule has 0 aromatic carbocycles. The van der Waals surface area contributed by atoms with Gasteiger partial charge in [-0.15, -0.1) is 0 Å². The molecular formula is C24H39N5O5SSi. The highest BCUT2D eigenvalue weighted by Crippen LogP contribution is 2.47. The number of nitrogens with zero attached hydrogens (tertiary/aromatic N) is 4. The molecule has 4 heterocycles. The maximum Gasteiger partial charge on any atom is 0.192 e. The quantitative estimate of drug-likeness (QED) is 0.525. The Morgan fingerprint density at radius 2 is 1.94 bits per heavy atom. The average molecular weight is 538 g/mol. The summed E-state index contributed by atoms with van der Waals surface area (Å²) in [5, 5.41) is 16.8. The summed E-state index contributed by atoms with van der Waals surface area (Å²) in [6.45, 7) is 15.0. The number of thioether (sulfide) groups is 1. The minimum absolute atomic E-state index is 0.147. The smallest absolute Gasteiger partial charge is 0.192 e. The van der Waals surface area contributed by atoms with Crippen LogP contribution in [0.5, 0.6) is 0 Å². The Kier molecular flexibility index (Phi) is 6.71. The van der Waals surface area contributed by atoms with Gasteiger partial charge >= 0.3 is 0 Å². The van der Waals surface area contributed by atoms with E-state index in [-0.39, 0.29) is 23.0 Å². The van der Waals surface area contributed by atoms with Crippen molar-refractivity contribution in [3.63, 3.8) is 0 Å². The molecule has 3 N–H and O–H groups in total.